The van der Waals surface area contributed by atoms with E-state index in [1.54, 1.807) is 0 Å². The van der Waals surface area contributed by atoms with Crippen molar-refractivity contribution in [3.63, 3.8) is 0 Å². The molecular weight excluding hydrogens is 605 g/mol. The van der Waals surface area contributed by atoms with Crippen molar-refractivity contribution < 1.29 is 0 Å². The molecule has 0 atom stereocenters. The molecule has 12 rings (SSSR count). The van der Waals surface area contributed by atoms with Crippen LogP contribution in [-0.4, -0.2) is 15.9 Å². The molecule has 8 aromatic carbocycles. The molecule has 10 aromatic rings. The second kappa shape index (κ2) is 9.11. The molecule has 4 heteroatoms. The van der Waals surface area contributed by atoms with Gasteiger partial charge in [0.15, 0.2) is 0 Å². The number of hydrogen-bond donors (Lipinski definition) is 0. The minimum atomic E-state index is -0.0101. The van der Waals surface area contributed by atoms with Gasteiger partial charge in [0.25, 0.3) is 0 Å². The van der Waals surface area contributed by atoms with Crippen molar-refractivity contribution in [1.29, 1.82) is 5.26 Å². The zero-order chi connectivity index (χ0) is 32.8. The van der Waals surface area contributed by atoms with Crippen molar-refractivity contribution >= 4 is 82.9 Å². The second-order valence-corrected chi connectivity index (χ2v) is 14.0. The van der Waals surface area contributed by atoms with Crippen molar-refractivity contribution in [3.8, 4) is 34.0 Å². The normalized spacial score (nSPS) is 12.8. The summed E-state index contributed by atoms with van der Waals surface area (Å²) in [5, 5.41) is 19.9. The van der Waals surface area contributed by atoms with Gasteiger partial charge < -0.3 is 9.05 Å². The van der Waals surface area contributed by atoms with Crippen molar-refractivity contribution in [2.75, 3.05) is 0 Å². The number of para-hydroxylation sites is 2. The molecule has 0 radical (unpaired) electrons. The number of benzene rings is 8. The predicted octanol–water partition coefficient (Wildman–Crippen LogP) is 9.99. The molecule has 3 nitrogen and oxygen atoms in total. The zero-order valence-corrected chi connectivity index (χ0v) is 27.2. The van der Waals surface area contributed by atoms with E-state index in [0.717, 1.165) is 5.56 Å². The SMILES string of the molecule is Cc1c(-c2ccc(C#N)cc2)cc2c3c1-c1cc4ccccc4c4c5c6ccccc6ccc5n(c14)B3c1cccc3c4ccccc4n-2c13. The molecule has 2 aromatic heterocycles. The lowest BCUT2D eigenvalue weighted by atomic mass is 9.45. The Labute approximate surface area is 287 Å². The summed E-state index contributed by atoms with van der Waals surface area (Å²) >= 11 is 0. The van der Waals surface area contributed by atoms with E-state index in [2.05, 4.69) is 149 Å². The van der Waals surface area contributed by atoms with Gasteiger partial charge in [-0.1, -0.05) is 103 Å². The summed E-state index contributed by atoms with van der Waals surface area (Å²) in [7, 11) is 0. The van der Waals surface area contributed by atoms with Crippen LogP contribution in [0, 0.1) is 18.3 Å². The highest BCUT2D eigenvalue weighted by molar-refractivity contribution is 6.90. The maximum atomic E-state index is 9.62. The highest BCUT2D eigenvalue weighted by atomic mass is 15.0. The minimum Gasteiger partial charge on any atom is -0.375 e. The van der Waals surface area contributed by atoms with Crippen LogP contribution in [0.5, 0.6) is 0 Å². The Bertz CT molecular complexity index is 3230. The van der Waals surface area contributed by atoms with E-state index in [-0.39, 0.29) is 6.85 Å². The summed E-state index contributed by atoms with van der Waals surface area (Å²) in [6.45, 7) is 2.29. The van der Waals surface area contributed by atoms with E-state index in [4.69, 9.17) is 0 Å². The first-order valence-electron chi connectivity index (χ1n) is 17.3. The van der Waals surface area contributed by atoms with Gasteiger partial charge in [-0.2, -0.15) is 5.26 Å². The lowest BCUT2D eigenvalue weighted by molar-refractivity contribution is 1.17. The molecule has 0 fully saturated rings. The summed E-state index contributed by atoms with van der Waals surface area (Å²) in [6.07, 6.45) is 0. The molecule has 0 saturated heterocycles. The van der Waals surface area contributed by atoms with Gasteiger partial charge in [0, 0.05) is 43.8 Å². The fourth-order valence-electron chi connectivity index (χ4n) is 9.70. The van der Waals surface area contributed by atoms with Gasteiger partial charge in [0.2, 0.25) is 0 Å². The topological polar surface area (TPSA) is 33.6 Å². The van der Waals surface area contributed by atoms with Gasteiger partial charge in [0.05, 0.1) is 22.7 Å². The van der Waals surface area contributed by atoms with E-state index in [0.29, 0.717) is 5.56 Å². The molecule has 2 aliphatic heterocycles. The zero-order valence-electron chi connectivity index (χ0n) is 27.2. The lowest BCUT2D eigenvalue weighted by Gasteiger charge is -2.36. The molecule has 228 valence electrons. The van der Waals surface area contributed by atoms with Crippen LogP contribution in [0.2, 0.25) is 0 Å². The molecule has 0 bridgehead atoms. The first-order valence-corrected chi connectivity index (χ1v) is 17.3. The third kappa shape index (κ3) is 3.03. The summed E-state index contributed by atoms with van der Waals surface area (Å²) in [4.78, 5) is 0. The number of hydrogen-bond acceptors (Lipinski definition) is 1. The molecule has 0 unspecified atom stereocenters. The van der Waals surface area contributed by atoms with Crippen LogP contribution >= 0.6 is 0 Å². The van der Waals surface area contributed by atoms with Crippen LogP contribution in [0.25, 0.3) is 93.1 Å². The van der Waals surface area contributed by atoms with Gasteiger partial charge in [-0.15, -0.1) is 0 Å². The third-order valence-electron chi connectivity index (χ3n) is 11.7. The second-order valence-electron chi connectivity index (χ2n) is 14.0. The fraction of sp³-hybridized carbons (Fsp3) is 0.0217. The Morgan fingerprint density at radius 2 is 1.30 bits per heavy atom. The van der Waals surface area contributed by atoms with Crippen LogP contribution in [-0.2, 0) is 0 Å². The van der Waals surface area contributed by atoms with E-state index in [1.165, 1.54) is 104 Å². The summed E-state index contributed by atoms with van der Waals surface area (Å²) < 4.78 is 5.22. The van der Waals surface area contributed by atoms with Crippen LogP contribution in [0.15, 0.2) is 140 Å². The molecule has 0 aliphatic carbocycles. The van der Waals surface area contributed by atoms with Crippen molar-refractivity contribution in [3.05, 3.63) is 151 Å². The maximum absolute atomic E-state index is 9.62. The highest BCUT2D eigenvalue weighted by Crippen LogP contribution is 2.49. The first kappa shape index (κ1) is 26.4. The van der Waals surface area contributed by atoms with Crippen molar-refractivity contribution in [2.45, 2.75) is 6.92 Å². The quantitative estimate of drug-likeness (QED) is 0.166. The third-order valence-corrected chi connectivity index (χ3v) is 11.7. The number of nitrogens with zero attached hydrogens (tertiary/aromatic N) is 3. The fourth-order valence-corrected chi connectivity index (χ4v) is 9.70. The van der Waals surface area contributed by atoms with Crippen LogP contribution in [0.4, 0.5) is 0 Å². The van der Waals surface area contributed by atoms with Crippen LogP contribution < -0.4 is 10.9 Å². The molecule has 0 spiro atoms. The maximum Gasteiger partial charge on any atom is 0.333 e. The number of fused-ring (bicyclic) bond motifs is 14. The van der Waals surface area contributed by atoms with Crippen LogP contribution in [0.1, 0.15) is 11.1 Å². The Kier molecular flexibility index (Phi) is 4.81. The first-order chi connectivity index (χ1) is 24.7. The van der Waals surface area contributed by atoms with Gasteiger partial charge in [-0.3, -0.25) is 0 Å². The summed E-state index contributed by atoms with van der Waals surface area (Å²) in [6, 6.07) is 53.5. The highest BCUT2D eigenvalue weighted by Gasteiger charge is 2.43. The smallest absolute Gasteiger partial charge is 0.333 e. The van der Waals surface area contributed by atoms with E-state index < -0.39 is 0 Å². The standard InChI is InChI=1S/C46H26BN3/c1-26-35(29-19-17-27(25-48)18-20-29)24-40-44-41(26)36-23-30-10-3-5-12-32(30)43-42-31-11-4-2-9-28(31)21-22-39(42)50(46(36)43)47(44)37-15-8-14-34-33-13-6-7-16-38(33)49(40)45(34)37/h2-24H,1H3. The van der Waals surface area contributed by atoms with Crippen molar-refractivity contribution in [1.82, 2.24) is 9.05 Å². The van der Waals surface area contributed by atoms with Gasteiger partial charge in [-0.05, 0) is 98.0 Å². The average Bonchev–Trinajstić information content (AvgIpc) is 3.70. The lowest BCUT2D eigenvalue weighted by Crippen LogP contribution is -2.55. The molecule has 2 aliphatic rings. The Morgan fingerprint density at radius 3 is 2.12 bits per heavy atom. The van der Waals surface area contributed by atoms with Gasteiger partial charge >= 0.3 is 6.85 Å². The summed E-state index contributed by atoms with van der Waals surface area (Å²) in [5.41, 5.74) is 15.9. The van der Waals surface area contributed by atoms with E-state index in [1.807, 2.05) is 12.1 Å². The Balaban J connectivity index is 1.37. The van der Waals surface area contributed by atoms with E-state index in [9.17, 15) is 5.26 Å². The molecule has 50 heavy (non-hydrogen) atoms. The number of aromatic nitrogens is 2. The molecule has 0 amide bonds. The Hall–Kier alpha value is -6.57. The van der Waals surface area contributed by atoms with Crippen molar-refractivity contribution in [2.24, 2.45) is 0 Å². The largest absolute Gasteiger partial charge is 0.375 e. The Morgan fingerprint density at radius 1 is 0.580 bits per heavy atom. The van der Waals surface area contributed by atoms with Crippen LogP contribution in [0.3, 0.4) is 0 Å². The molecule has 0 N–H and O–H groups in total. The number of rotatable bonds is 1. The summed E-state index contributed by atoms with van der Waals surface area (Å²) in [5.74, 6) is 0. The van der Waals surface area contributed by atoms with Gasteiger partial charge in [0.1, 0.15) is 0 Å². The number of nitriles is 1. The molecule has 0 saturated carbocycles. The minimum absolute atomic E-state index is 0.0101. The molecular formula is C46H26BN3. The monoisotopic (exact) mass is 631 g/mol. The van der Waals surface area contributed by atoms with Gasteiger partial charge in [-0.25, -0.2) is 0 Å². The average molecular weight is 632 g/mol. The predicted molar refractivity (Wildman–Crippen MR) is 210 cm³/mol. The van der Waals surface area contributed by atoms with E-state index >= 15 is 0 Å². The molecule has 4 heterocycles.